The maximum atomic E-state index is 14.6. The van der Waals surface area contributed by atoms with Gasteiger partial charge in [0.25, 0.3) is 0 Å². The summed E-state index contributed by atoms with van der Waals surface area (Å²) in [6.07, 6.45) is 4.60. The maximum absolute atomic E-state index is 14.6. The van der Waals surface area contributed by atoms with Crippen LogP contribution in [-0.2, 0) is 6.42 Å². The average Bonchev–Trinajstić information content (AvgIpc) is 2.47. The van der Waals surface area contributed by atoms with E-state index in [1.807, 2.05) is 19.1 Å². The van der Waals surface area contributed by atoms with E-state index in [9.17, 15) is 4.39 Å². The molecular weight excluding hydrogens is 279 g/mol. The lowest BCUT2D eigenvalue weighted by atomic mass is 9.94. The van der Waals surface area contributed by atoms with Gasteiger partial charge in [-0.25, -0.2) is 4.39 Å². The Balaban J connectivity index is 2.17. The van der Waals surface area contributed by atoms with Crippen LogP contribution in [0.4, 0.5) is 10.1 Å². The van der Waals surface area contributed by atoms with Gasteiger partial charge in [-0.1, -0.05) is 0 Å². The van der Waals surface area contributed by atoms with Crippen LogP contribution in [0, 0.1) is 23.6 Å². The molecule has 0 unspecified atom stereocenters. The Hall–Kier alpha value is -2.56. The molecule has 0 saturated carbocycles. The SMILES string of the molecule is CC(=N)N1C(=N)CCc2cc(-c3cnccc3C)c(F)cc21. The van der Waals surface area contributed by atoms with Crippen molar-refractivity contribution in [1.29, 1.82) is 10.8 Å². The highest BCUT2D eigenvalue weighted by molar-refractivity contribution is 6.17. The third-order valence-corrected chi connectivity index (χ3v) is 3.97. The van der Waals surface area contributed by atoms with Gasteiger partial charge in [0.05, 0.1) is 5.69 Å². The van der Waals surface area contributed by atoms with E-state index in [-0.39, 0.29) is 11.7 Å². The lowest BCUT2D eigenvalue weighted by Gasteiger charge is -2.31. The summed E-state index contributed by atoms with van der Waals surface area (Å²) in [5.41, 5.74) is 3.84. The fourth-order valence-electron chi connectivity index (χ4n) is 2.86. The molecule has 2 aromatic rings. The second-order valence-corrected chi connectivity index (χ2v) is 5.52. The number of aryl methyl sites for hydroxylation is 2. The number of halogens is 1. The lowest BCUT2D eigenvalue weighted by Crippen LogP contribution is -2.38. The highest BCUT2D eigenvalue weighted by Crippen LogP contribution is 2.35. The minimum absolute atomic E-state index is 0.232. The van der Waals surface area contributed by atoms with Gasteiger partial charge >= 0.3 is 0 Å². The third-order valence-electron chi connectivity index (χ3n) is 3.97. The molecule has 2 heterocycles. The first-order valence-corrected chi connectivity index (χ1v) is 7.15. The summed E-state index contributed by atoms with van der Waals surface area (Å²) in [7, 11) is 0. The Morgan fingerprint density at radius 1 is 1.27 bits per heavy atom. The summed E-state index contributed by atoms with van der Waals surface area (Å²) in [5, 5.41) is 15.8. The number of benzene rings is 1. The van der Waals surface area contributed by atoms with Crippen LogP contribution in [0.1, 0.15) is 24.5 Å². The fourth-order valence-corrected chi connectivity index (χ4v) is 2.86. The molecule has 5 heteroatoms. The molecule has 0 aliphatic carbocycles. The normalized spacial score (nSPS) is 14.0. The van der Waals surface area contributed by atoms with Gasteiger partial charge in [-0.3, -0.25) is 20.7 Å². The van der Waals surface area contributed by atoms with Gasteiger partial charge in [0, 0.05) is 29.9 Å². The molecule has 1 aliphatic heterocycles. The van der Waals surface area contributed by atoms with Crippen LogP contribution in [0.15, 0.2) is 30.6 Å². The van der Waals surface area contributed by atoms with Gasteiger partial charge in [-0.2, -0.15) is 0 Å². The van der Waals surface area contributed by atoms with Gasteiger partial charge in [-0.05, 0) is 49.6 Å². The van der Waals surface area contributed by atoms with Crippen molar-refractivity contribution in [2.24, 2.45) is 0 Å². The van der Waals surface area contributed by atoms with E-state index < -0.39 is 0 Å². The number of amidine groups is 2. The molecule has 0 atom stereocenters. The molecule has 0 fully saturated rings. The Morgan fingerprint density at radius 3 is 2.73 bits per heavy atom. The van der Waals surface area contributed by atoms with Crippen molar-refractivity contribution < 1.29 is 4.39 Å². The third kappa shape index (κ3) is 2.28. The van der Waals surface area contributed by atoms with Gasteiger partial charge in [0.2, 0.25) is 0 Å². The fraction of sp³-hybridized carbons (Fsp3) is 0.235. The van der Waals surface area contributed by atoms with E-state index in [1.165, 1.54) is 11.0 Å². The molecule has 1 aromatic heterocycles. The van der Waals surface area contributed by atoms with Crippen molar-refractivity contribution in [3.05, 3.63) is 47.5 Å². The number of anilines is 1. The summed E-state index contributed by atoms with van der Waals surface area (Å²) in [5.74, 6) is 0.219. The van der Waals surface area contributed by atoms with Gasteiger partial charge in [0.15, 0.2) is 0 Å². The maximum Gasteiger partial charge on any atom is 0.133 e. The molecule has 0 saturated heterocycles. The van der Waals surface area contributed by atoms with Crippen molar-refractivity contribution >= 4 is 17.4 Å². The predicted molar refractivity (Wildman–Crippen MR) is 86.3 cm³/mol. The summed E-state index contributed by atoms with van der Waals surface area (Å²) in [6.45, 7) is 3.54. The number of pyridine rings is 1. The first-order chi connectivity index (χ1) is 10.5. The molecule has 0 amide bonds. The van der Waals surface area contributed by atoms with Crippen LogP contribution in [0.3, 0.4) is 0 Å². The van der Waals surface area contributed by atoms with E-state index in [4.69, 9.17) is 10.8 Å². The molecule has 1 aromatic carbocycles. The molecule has 112 valence electrons. The Kier molecular flexibility index (Phi) is 3.48. The summed E-state index contributed by atoms with van der Waals surface area (Å²) in [6, 6.07) is 5.12. The zero-order chi connectivity index (χ0) is 15.9. The second-order valence-electron chi connectivity index (χ2n) is 5.52. The topological polar surface area (TPSA) is 63.8 Å². The van der Waals surface area contributed by atoms with Crippen LogP contribution in [0.5, 0.6) is 0 Å². The lowest BCUT2D eigenvalue weighted by molar-refractivity contribution is 0.630. The summed E-state index contributed by atoms with van der Waals surface area (Å²) in [4.78, 5) is 5.59. The van der Waals surface area contributed by atoms with Crippen molar-refractivity contribution in [2.75, 3.05) is 4.90 Å². The Morgan fingerprint density at radius 2 is 2.05 bits per heavy atom. The number of rotatable bonds is 1. The highest BCUT2D eigenvalue weighted by Gasteiger charge is 2.25. The van der Waals surface area contributed by atoms with E-state index in [0.29, 0.717) is 29.9 Å². The molecule has 22 heavy (non-hydrogen) atoms. The number of nitrogens with one attached hydrogen (secondary N) is 2. The zero-order valence-electron chi connectivity index (χ0n) is 12.6. The monoisotopic (exact) mass is 296 g/mol. The Labute approximate surface area is 128 Å². The summed E-state index contributed by atoms with van der Waals surface area (Å²) >= 11 is 0. The number of fused-ring (bicyclic) bond motifs is 1. The largest absolute Gasteiger partial charge is 0.288 e. The molecule has 0 radical (unpaired) electrons. The Bertz CT molecular complexity index is 782. The quantitative estimate of drug-likeness (QED) is 0.618. The molecular formula is C17H17FN4. The van der Waals surface area contributed by atoms with E-state index >= 15 is 0 Å². The highest BCUT2D eigenvalue weighted by atomic mass is 19.1. The van der Waals surface area contributed by atoms with E-state index in [2.05, 4.69) is 4.98 Å². The van der Waals surface area contributed by atoms with Crippen molar-refractivity contribution in [3.8, 4) is 11.1 Å². The number of nitrogens with zero attached hydrogens (tertiary/aromatic N) is 2. The molecule has 2 N–H and O–H groups in total. The first kappa shape index (κ1) is 14.4. The molecule has 4 nitrogen and oxygen atoms in total. The number of aromatic nitrogens is 1. The minimum Gasteiger partial charge on any atom is -0.288 e. The van der Waals surface area contributed by atoms with Crippen LogP contribution in [-0.4, -0.2) is 16.7 Å². The van der Waals surface area contributed by atoms with Crippen LogP contribution in [0.25, 0.3) is 11.1 Å². The van der Waals surface area contributed by atoms with Gasteiger partial charge in [0.1, 0.15) is 17.5 Å². The standard InChI is InChI=1S/C17H17FN4/c1-10-5-6-21-9-14(10)13-7-12-3-4-17(20)22(11(2)19)16(12)8-15(13)18/h5-9,19-20H,3-4H2,1-2H3. The van der Waals surface area contributed by atoms with Crippen LogP contribution in [0.2, 0.25) is 0 Å². The number of hydrogen-bond donors (Lipinski definition) is 2. The van der Waals surface area contributed by atoms with Crippen LogP contribution >= 0.6 is 0 Å². The van der Waals surface area contributed by atoms with Gasteiger partial charge in [-0.15, -0.1) is 0 Å². The minimum atomic E-state index is -0.351. The molecule has 3 rings (SSSR count). The van der Waals surface area contributed by atoms with Crippen molar-refractivity contribution in [1.82, 2.24) is 4.98 Å². The smallest absolute Gasteiger partial charge is 0.133 e. The van der Waals surface area contributed by atoms with Crippen molar-refractivity contribution in [3.63, 3.8) is 0 Å². The predicted octanol–water partition coefficient (Wildman–Crippen LogP) is 3.92. The molecule has 0 spiro atoms. The zero-order valence-corrected chi connectivity index (χ0v) is 12.6. The molecule has 0 bridgehead atoms. The second kappa shape index (κ2) is 5.33. The van der Waals surface area contributed by atoms with Crippen molar-refractivity contribution in [2.45, 2.75) is 26.7 Å². The van der Waals surface area contributed by atoms with Gasteiger partial charge < -0.3 is 0 Å². The molecule has 1 aliphatic rings. The first-order valence-electron chi connectivity index (χ1n) is 7.15. The summed E-state index contributed by atoms with van der Waals surface area (Å²) < 4.78 is 14.6. The average molecular weight is 296 g/mol. The number of hydrogen-bond acceptors (Lipinski definition) is 3. The van der Waals surface area contributed by atoms with E-state index in [1.54, 1.807) is 19.3 Å². The van der Waals surface area contributed by atoms with E-state index in [0.717, 1.165) is 16.7 Å². The van der Waals surface area contributed by atoms with Crippen LogP contribution < -0.4 is 4.90 Å².